The van der Waals surface area contributed by atoms with Crippen LogP contribution in [0.5, 0.6) is 11.5 Å². The average molecular weight is 542 g/mol. The maximum absolute atomic E-state index is 13.3. The van der Waals surface area contributed by atoms with Crippen LogP contribution in [0.4, 0.5) is 30.7 Å². The molecule has 0 radical (unpaired) electrons. The van der Waals surface area contributed by atoms with Crippen LogP contribution in [0.15, 0.2) is 46.0 Å². The van der Waals surface area contributed by atoms with Crippen molar-refractivity contribution in [1.82, 2.24) is 5.43 Å². The highest BCUT2D eigenvalue weighted by molar-refractivity contribution is 9.10. The van der Waals surface area contributed by atoms with E-state index in [1.807, 2.05) is 6.07 Å². The molecule has 0 aliphatic heterocycles. The summed E-state index contributed by atoms with van der Waals surface area (Å²) in [5.74, 6) is -5.98. The summed E-state index contributed by atoms with van der Waals surface area (Å²) in [6, 6.07) is 5.44. The van der Waals surface area contributed by atoms with Gasteiger partial charge < -0.3 is 9.47 Å². The molecular formula is C20H15BrF7N3O2. The Kier molecular flexibility index (Phi) is 8.18. The second kappa shape index (κ2) is 10.3. The van der Waals surface area contributed by atoms with E-state index in [1.165, 1.54) is 12.1 Å². The van der Waals surface area contributed by atoms with E-state index in [-0.39, 0.29) is 34.7 Å². The van der Waals surface area contributed by atoms with Gasteiger partial charge in [-0.05, 0) is 58.2 Å². The van der Waals surface area contributed by atoms with E-state index in [2.05, 4.69) is 21.0 Å². The molecule has 2 aromatic carbocycles. The summed E-state index contributed by atoms with van der Waals surface area (Å²) in [5, 5.41) is 11.7. The molecule has 13 heteroatoms. The zero-order valence-corrected chi connectivity index (χ0v) is 18.3. The van der Waals surface area contributed by atoms with Gasteiger partial charge in [0.25, 0.3) is 0 Å². The Bertz CT molecular complexity index is 1040. The number of nitriles is 1. The topological polar surface area (TPSA) is 66.6 Å². The standard InChI is InChI=1S/C20H15BrF7N3O2/c1-2-32-16-8-14(10-30-31-20(27,28)18(22,23)19(24,25)26)7-15(21)17(16)33-11-13-5-3-12(9-29)4-6-13/h3-8,10,31H,2,11H2,1H3/b30-10-. The summed E-state index contributed by atoms with van der Waals surface area (Å²) in [6.45, 7) is 1.91. The molecule has 2 aromatic rings. The SMILES string of the molecule is CCOc1cc(/C=N\NC(F)(F)C(F)(F)C(F)(F)F)cc(Br)c1OCc1ccc(C#N)cc1. The van der Waals surface area contributed by atoms with Crippen LogP contribution in [0.3, 0.4) is 0 Å². The van der Waals surface area contributed by atoms with Gasteiger partial charge in [0.2, 0.25) is 0 Å². The summed E-state index contributed by atoms with van der Waals surface area (Å²) in [4.78, 5) is 0. The minimum Gasteiger partial charge on any atom is -0.490 e. The van der Waals surface area contributed by atoms with Gasteiger partial charge in [-0.2, -0.15) is 41.1 Å². The van der Waals surface area contributed by atoms with Crippen LogP contribution in [0, 0.1) is 11.3 Å². The van der Waals surface area contributed by atoms with Crippen LogP contribution >= 0.6 is 15.9 Å². The van der Waals surface area contributed by atoms with E-state index in [9.17, 15) is 30.7 Å². The fourth-order valence-corrected chi connectivity index (χ4v) is 2.91. The molecule has 33 heavy (non-hydrogen) atoms. The van der Waals surface area contributed by atoms with Gasteiger partial charge in [-0.25, -0.2) is 5.43 Å². The number of rotatable bonds is 9. The van der Waals surface area contributed by atoms with E-state index in [1.54, 1.807) is 31.2 Å². The number of hydrazone groups is 1. The highest BCUT2D eigenvalue weighted by atomic mass is 79.9. The molecule has 5 nitrogen and oxygen atoms in total. The van der Waals surface area contributed by atoms with E-state index in [0.29, 0.717) is 17.2 Å². The molecule has 2 rings (SSSR count). The van der Waals surface area contributed by atoms with E-state index < -0.39 is 18.1 Å². The smallest absolute Gasteiger partial charge is 0.462 e. The Morgan fingerprint density at radius 1 is 1.06 bits per heavy atom. The van der Waals surface area contributed by atoms with Crippen molar-refractivity contribution >= 4 is 22.1 Å². The third-order valence-corrected chi connectivity index (χ3v) is 4.56. The Morgan fingerprint density at radius 3 is 2.24 bits per heavy atom. The molecule has 0 unspecified atom stereocenters. The Labute approximate surface area is 191 Å². The highest BCUT2D eigenvalue weighted by Crippen LogP contribution is 2.45. The molecule has 0 aliphatic carbocycles. The molecule has 0 bridgehead atoms. The van der Waals surface area contributed by atoms with Gasteiger partial charge >= 0.3 is 18.1 Å². The zero-order chi connectivity index (χ0) is 24.9. The molecule has 0 spiro atoms. The van der Waals surface area contributed by atoms with Crippen LogP contribution in [0.2, 0.25) is 0 Å². The number of halogens is 8. The molecule has 0 saturated carbocycles. The first-order valence-electron chi connectivity index (χ1n) is 9.03. The van der Waals surface area contributed by atoms with Gasteiger partial charge in [0.15, 0.2) is 11.5 Å². The minimum absolute atomic E-state index is 0.0367. The highest BCUT2D eigenvalue weighted by Gasteiger charge is 2.73. The molecule has 0 aromatic heterocycles. The molecule has 0 heterocycles. The lowest BCUT2D eigenvalue weighted by Crippen LogP contribution is -2.58. The van der Waals surface area contributed by atoms with Crippen molar-refractivity contribution in [2.24, 2.45) is 5.10 Å². The van der Waals surface area contributed by atoms with Gasteiger partial charge in [0.05, 0.1) is 28.9 Å². The summed E-state index contributed by atoms with van der Waals surface area (Å²) in [5.41, 5.74) is 1.78. The van der Waals surface area contributed by atoms with Crippen LogP contribution in [-0.4, -0.2) is 31.0 Å². The summed E-state index contributed by atoms with van der Waals surface area (Å²) in [6.07, 6.45) is -5.85. The summed E-state index contributed by atoms with van der Waals surface area (Å²) >= 11 is 3.21. The number of nitrogens with zero attached hydrogens (tertiary/aromatic N) is 2. The second-order valence-electron chi connectivity index (χ2n) is 6.38. The molecule has 0 aliphatic rings. The number of alkyl halides is 7. The monoisotopic (exact) mass is 541 g/mol. The second-order valence-corrected chi connectivity index (χ2v) is 7.23. The Balaban J connectivity index is 2.20. The fraction of sp³-hybridized carbons (Fsp3) is 0.300. The van der Waals surface area contributed by atoms with Crippen LogP contribution in [-0.2, 0) is 6.61 Å². The lowest BCUT2D eigenvalue weighted by atomic mass is 10.1. The van der Waals surface area contributed by atoms with Crippen molar-refractivity contribution in [2.75, 3.05) is 6.61 Å². The number of ether oxygens (including phenoxy) is 2. The normalized spacial score (nSPS) is 12.5. The molecule has 0 fully saturated rings. The predicted octanol–water partition coefficient (Wildman–Crippen LogP) is 6.01. The van der Waals surface area contributed by atoms with Crippen LogP contribution < -0.4 is 14.9 Å². The molecule has 0 atom stereocenters. The van der Waals surface area contributed by atoms with Gasteiger partial charge in [0.1, 0.15) is 6.61 Å². The maximum atomic E-state index is 13.3. The average Bonchev–Trinajstić information content (AvgIpc) is 2.72. The van der Waals surface area contributed by atoms with Crippen LogP contribution in [0.1, 0.15) is 23.6 Å². The van der Waals surface area contributed by atoms with Crippen molar-refractivity contribution in [3.8, 4) is 17.6 Å². The largest absolute Gasteiger partial charge is 0.490 e. The number of hydrogen-bond donors (Lipinski definition) is 1. The molecular weight excluding hydrogens is 527 g/mol. The van der Waals surface area contributed by atoms with E-state index >= 15 is 0 Å². The molecule has 0 amide bonds. The van der Waals surface area contributed by atoms with Crippen molar-refractivity contribution < 1.29 is 40.2 Å². The summed E-state index contributed by atoms with van der Waals surface area (Å²) in [7, 11) is 0. The Hall–Kier alpha value is -3.01. The number of nitrogens with one attached hydrogen (secondary N) is 1. The third kappa shape index (κ3) is 6.28. The lowest BCUT2D eigenvalue weighted by Gasteiger charge is -2.27. The molecule has 0 saturated heterocycles. The van der Waals surface area contributed by atoms with Crippen molar-refractivity contribution in [3.63, 3.8) is 0 Å². The molecule has 178 valence electrons. The van der Waals surface area contributed by atoms with Gasteiger partial charge in [-0.15, -0.1) is 0 Å². The minimum atomic E-state index is -6.47. The maximum Gasteiger partial charge on any atom is 0.462 e. The van der Waals surface area contributed by atoms with Gasteiger partial charge in [0, 0.05) is 0 Å². The quantitative estimate of drug-likeness (QED) is 0.183. The van der Waals surface area contributed by atoms with Gasteiger partial charge in [-0.3, -0.25) is 0 Å². The molecule has 1 N–H and O–H groups in total. The zero-order valence-electron chi connectivity index (χ0n) is 16.7. The first-order chi connectivity index (χ1) is 15.3. The van der Waals surface area contributed by atoms with E-state index in [0.717, 1.165) is 5.56 Å². The van der Waals surface area contributed by atoms with E-state index in [4.69, 9.17) is 14.7 Å². The first kappa shape index (κ1) is 26.2. The Morgan fingerprint density at radius 2 is 1.70 bits per heavy atom. The van der Waals surface area contributed by atoms with Crippen molar-refractivity contribution in [1.29, 1.82) is 5.26 Å². The van der Waals surface area contributed by atoms with Crippen molar-refractivity contribution in [2.45, 2.75) is 31.7 Å². The third-order valence-electron chi connectivity index (χ3n) is 3.97. The van der Waals surface area contributed by atoms with Gasteiger partial charge in [-0.1, -0.05) is 12.1 Å². The number of benzene rings is 2. The summed E-state index contributed by atoms with van der Waals surface area (Å²) < 4.78 is 100. The first-order valence-corrected chi connectivity index (χ1v) is 9.82. The lowest BCUT2D eigenvalue weighted by molar-refractivity contribution is -0.361. The van der Waals surface area contributed by atoms with Crippen molar-refractivity contribution in [3.05, 3.63) is 57.6 Å². The van der Waals surface area contributed by atoms with Crippen LogP contribution in [0.25, 0.3) is 0 Å². The number of hydrogen-bond acceptors (Lipinski definition) is 5. The fourth-order valence-electron chi connectivity index (χ4n) is 2.33. The predicted molar refractivity (Wildman–Crippen MR) is 107 cm³/mol.